The van der Waals surface area contributed by atoms with Crippen molar-refractivity contribution in [1.82, 2.24) is 20.2 Å². The monoisotopic (exact) mass is 299 g/mol. The van der Waals surface area contributed by atoms with E-state index < -0.39 is 0 Å². The molecule has 1 unspecified atom stereocenters. The molecule has 0 aliphatic heterocycles. The second-order valence-corrected chi connectivity index (χ2v) is 5.22. The van der Waals surface area contributed by atoms with Crippen molar-refractivity contribution < 1.29 is 0 Å². The maximum absolute atomic E-state index is 6.22. The lowest BCUT2D eigenvalue weighted by Crippen LogP contribution is -2.31. The van der Waals surface area contributed by atoms with Gasteiger partial charge in [-0.15, -0.1) is 0 Å². The molecule has 0 spiro atoms. The molecule has 0 saturated carbocycles. The van der Waals surface area contributed by atoms with E-state index in [1.807, 2.05) is 24.6 Å². The number of nitrogens with one attached hydrogen (secondary N) is 1. The fourth-order valence-corrected chi connectivity index (χ4v) is 2.27. The number of rotatable bonds is 4. The van der Waals surface area contributed by atoms with E-state index in [9.17, 15) is 0 Å². The highest BCUT2D eigenvalue weighted by Crippen LogP contribution is 2.29. The fourth-order valence-electron chi connectivity index (χ4n) is 1.92. The van der Waals surface area contributed by atoms with Crippen LogP contribution in [0.4, 0.5) is 0 Å². The van der Waals surface area contributed by atoms with Crippen LogP contribution in [0.2, 0.25) is 10.2 Å². The highest BCUT2D eigenvalue weighted by molar-refractivity contribution is 6.31. The van der Waals surface area contributed by atoms with Gasteiger partial charge in [-0.2, -0.15) is 5.10 Å². The van der Waals surface area contributed by atoms with E-state index in [0.29, 0.717) is 10.2 Å². The number of halogens is 2. The standard InChI is InChI=1S/C12H15Cl2N5/c1-7(2)19-12(9(13)6-17-19)11(18-15)8-3-4-10(14)16-5-8/h3-7,11,18H,15H2,1-2H3. The van der Waals surface area contributed by atoms with Gasteiger partial charge in [0.2, 0.25) is 0 Å². The van der Waals surface area contributed by atoms with Gasteiger partial charge in [0.05, 0.1) is 23.0 Å². The summed E-state index contributed by atoms with van der Waals surface area (Å²) in [5.74, 6) is 5.66. The molecule has 0 aliphatic carbocycles. The molecule has 2 aromatic rings. The maximum Gasteiger partial charge on any atom is 0.129 e. The summed E-state index contributed by atoms with van der Waals surface area (Å²) in [4.78, 5) is 4.06. The van der Waals surface area contributed by atoms with E-state index in [4.69, 9.17) is 29.0 Å². The summed E-state index contributed by atoms with van der Waals surface area (Å²) >= 11 is 12.0. The van der Waals surface area contributed by atoms with Gasteiger partial charge in [-0.25, -0.2) is 10.4 Å². The van der Waals surface area contributed by atoms with Gasteiger partial charge in [0.25, 0.3) is 0 Å². The minimum absolute atomic E-state index is 0.179. The zero-order valence-electron chi connectivity index (χ0n) is 10.6. The molecular weight excluding hydrogens is 285 g/mol. The zero-order chi connectivity index (χ0) is 14.0. The van der Waals surface area contributed by atoms with Gasteiger partial charge in [0.1, 0.15) is 5.15 Å². The van der Waals surface area contributed by atoms with Crippen molar-refractivity contribution in [2.75, 3.05) is 0 Å². The Labute approximate surface area is 121 Å². The normalized spacial score (nSPS) is 12.9. The Hall–Kier alpha value is -1.14. The Morgan fingerprint density at radius 1 is 1.26 bits per heavy atom. The minimum Gasteiger partial charge on any atom is -0.271 e. The van der Waals surface area contributed by atoms with E-state index in [1.54, 1.807) is 18.5 Å². The van der Waals surface area contributed by atoms with E-state index in [-0.39, 0.29) is 12.1 Å². The number of pyridine rings is 1. The summed E-state index contributed by atoms with van der Waals surface area (Å²) in [6.07, 6.45) is 3.28. The van der Waals surface area contributed by atoms with Crippen molar-refractivity contribution in [3.63, 3.8) is 0 Å². The SMILES string of the molecule is CC(C)n1ncc(Cl)c1C(NN)c1ccc(Cl)nc1. The third-order valence-electron chi connectivity index (χ3n) is 2.80. The summed E-state index contributed by atoms with van der Waals surface area (Å²) < 4.78 is 1.83. The first-order valence-corrected chi connectivity index (χ1v) is 6.60. The van der Waals surface area contributed by atoms with Crippen molar-refractivity contribution >= 4 is 23.2 Å². The Balaban J connectivity index is 2.47. The molecule has 7 heteroatoms. The van der Waals surface area contributed by atoms with Gasteiger partial charge in [0.15, 0.2) is 0 Å². The first-order chi connectivity index (χ1) is 9.04. The Morgan fingerprint density at radius 3 is 2.53 bits per heavy atom. The summed E-state index contributed by atoms with van der Waals surface area (Å²) in [6.45, 7) is 4.06. The zero-order valence-corrected chi connectivity index (χ0v) is 12.2. The van der Waals surface area contributed by atoms with Crippen molar-refractivity contribution in [2.45, 2.75) is 25.9 Å². The van der Waals surface area contributed by atoms with Gasteiger partial charge < -0.3 is 0 Å². The predicted octanol–water partition coefficient (Wildman–Crippen LogP) is 2.72. The lowest BCUT2D eigenvalue weighted by molar-refractivity contribution is 0.476. The second kappa shape index (κ2) is 5.88. The number of aromatic nitrogens is 3. The molecule has 2 heterocycles. The largest absolute Gasteiger partial charge is 0.271 e. The van der Waals surface area contributed by atoms with Gasteiger partial charge in [0, 0.05) is 12.2 Å². The number of hydrogen-bond acceptors (Lipinski definition) is 4. The Morgan fingerprint density at radius 2 is 2.00 bits per heavy atom. The fraction of sp³-hybridized carbons (Fsp3) is 0.333. The van der Waals surface area contributed by atoms with Crippen LogP contribution in [0.5, 0.6) is 0 Å². The molecule has 2 rings (SSSR count). The average molecular weight is 300 g/mol. The highest BCUT2D eigenvalue weighted by Gasteiger charge is 2.22. The molecule has 0 aliphatic rings. The van der Waals surface area contributed by atoms with E-state index in [2.05, 4.69) is 15.5 Å². The summed E-state index contributed by atoms with van der Waals surface area (Å²) in [6, 6.07) is 3.46. The summed E-state index contributed by atoms with van der Waals surface area (Å²) in [5, 5.41) is 5.26. The third-order valence-corrected chi connectivity index (χ3v) is 3.31. The molecule has 5 nitrogen and oxygen atoms in total. The number of hydrazine groups is 1. The van der Waals surface area contributed by atoms with Gasteiger partial charge in [-0.05, 0) is 25.5 Å². The van der Waals surface area contributed by atoms with Crippen molar-refractivity contribution in [1.29, 1.82) is 0 Å². The molecular formula is C12H15Cl2N5. The van der Waals surface area contributed by atoms with E-state index >= 15 is 0 Å². The van der Waals surface area contributed by atoms with Crippen LogP contribution in [0, 0.1) is 0 Å². The molecule has 0 aromatic carbocycles. The Bertz CT molecular complexity index is 550. The molecule has 2 aromatic heterocycles. The molecule has 3 N–H and O–H groups in total. The first-order valence-electron chi connectivity index (χ1n) is 5.85. The molecule has 0 amide bonds. The van der Waals surface area contributed by atoms with Crippen molar-refractivity contribution in [3.8, 4) is 0 Å². The molecule has 102 valence electrons. The van der Waals surface area contributed by atoms with Crippen LogP contribution in [0.25, 0.3) is 0 Å². The maximum atomic E-state index is 6.22. The lowest BCUT2D eigenvalue weighted by Gasteiger charge is -2.20. The Kier molecular flexibility index (Phi) is 4.42. The van der Waals surface area contributed by atoms with Crippen LogP contribution in [0.1, 0.15) is 37.2 Å². The van der Waals surface area contributed by atoms with Crippen LogP contribution in [0.15, 0.2) is 24.5 Å². The molecule has 0 saturated heterocycles. The summed E-state index contributed by atoms with van der Waals surface area (Å²) in [5.41, 5.74) is 4.43. The topological polar surface area (TPSA) is 68.8 Å². The molecule has 19 heavy (non-hydrogen) atoms. The van der Waals surface area contributed by atoms with Gasteiger partial charge in [-0.3, -0.25) is 10.5 Å². The minimum atomic E-state index is -0.290. The molecule has 1 atom stereocenters. The van der Waals surface area contributed by atoms with Crippen molar-refractivity contribution in [3.05, 3.63) is 46.0 Å². The first kappa shape index (κ1) is 14.3. The van der Waals surface area contributed by atoms with Crippen LogP contribution >= 0.6 is 23.2 Å². The molecule has 0 bridgehead atoms. The predicted molar refractivity (Wildman–Crippen MR) is 76.0 cm³/mol. The molecule has 0 fully saturated rings. The van der Waals surface area contributed by atoms with Crippen LogP contribution in [0.3, 0.4) is 0 Å². The molecule has 0 radical (unpaired) electrons. The van der Waals surface area contributed by atoms with Crippen LogP contribution in [-0.2, 0) is 0 Å². The second-order valence-electron chi connectivity index (χ2n) is 4.43. The quantitative estimate of drug-likeness (QED) is 0.517. The van der Waals surface area contributed by atoms with Crippen LogP contribution in [-0.4, -0.2) is 14.8 Å². The van der Waals surface area contributed by atoms with E-state index in [1.165, 1.54) is 0 Å². The highest BCUT2D eigenvalue weighted by atomic mass is 35.5. The average Bonchev–Trinajstić information content (AvgIpc) is 2.75. The van der Waals surface area contributed by atoms with Gasteiger partial charge in [-0.1, -0.05) is 29.3 Å². The van der Waals surface area contributed by atoms with E-state index in [0.717, 1.165) is 11.3 Å². The number of nitrogens with two attached hydrogens (primary N) is 1. The number of hydrogen-bond donors (Lipinski definition) is 2. The summed E-state index contributed by atoms with van der Waals surface area (Å²) in [7, 11) is 0. The van der Waals surface area contributed by atoms with Crippen molar-refractivity contribution in [2.24, 2.45) is 5.84 Å². The third kappa shape index (κ3) is 2.90. The smallest absolute Gasteiger partial charge is 0.129 e. The van der Waals surface area contributed by atoms with Crippen LogP contribution < -0.4 is 11.3 Å². The lowest BCUT2D eigenvalue weighted by atomic mass is 10.1. The number of nitrogens with zero attached hydrogens (tertiary/aromatic N) is 3. The van der Waals surface area contributed by atoms with Gasteiger partial charge >= 0.3 is 0 Å².